The standard InChI is InChI=1S/C12H15N3/c13-8-7-12-14-10-3-1-2-4-11(10)15(12)9-5-6-9/h1-4,9H,5-8,13H2. The molecule has 2 aromatic rings. The van der Waals surface area contributed by atoms with Crippen molar-refractivity contribution >= 4 is 11.0 Å². The minimum Gasteiger partial charge on any atom is -0.330 e. The number of imidazole rings is 1. The topological polar surface area (TPSA) is 43.8 Å². The van der Waals surface area contributed by atoms with E-state index < -0.39 is 0 Å². The maximum Gasteiger partial charge on any atom is 0.111 e. The van der Waals surface area contributed by atoms with Gasteiger partial charge in [0.25, 0.3) is 0 Å². The maximum absolute atomic E-state index is 5.62. The Labute approximate surface area is 88.9 Å². The zero-order chi connectivity index (χ0) is 10.3. The lowest BCUT2D eigenvalue weighted by atomic mass is 10.3. The molecule has 0 unspecified atom stereocenters. The normalized spacial score (nSPS) is 16.1. The van der Waals surface area contributed by atoms with E-state index in [0.717, 1.165) is 17.8 Å². The fraction of sp³-hybridized carbons (Fsp3) is 0.417. The van der Waals surface area contributed by atoms with Crippen molar-refractivity contribution in [1.29, 1.82) is 0 Å². The lowest BCUT2D eigenvalue weighted by molar-refractivity contribution is 0.696. The molecule has 78 valence electrons. The summed E-state index contributed by atoms with van der Waals surface area (Å²) in [6.07, 6.45) is 3.46. The fourth-order valence-corrected chi connectivity index (χ4v) is 2.14. The van der Waals surface area contributed by atoms with Gasteiger partial charge >= 0.3 is 0 Å². The van der Waals surface area contributed by atoms with Crippen molar-refractivity contribution in [2.75, 3.05) is 6.54 Å². The van der Waals surface area contributed by atoms with Gasteiger partial charge in [-0.3, -0.25) is 0 Å². The van der Waals surface area contributed by atoms with Crippen LogP contribution in [0.5, 0.6) is 0 Å². The van der Waals surface area contributed by atoms with E-state index in [1.54, 1.807) is 0 Å². The molecule has 1 aromatic carbocycles. The van der Waals surface area contributed by atoms with Crippen molar-refractivity contribution < 1.29 is 0 Å². The molecule has 3 nitrogen and oxygen atoms in total. The van der Waals surface area contributed by atoms with Crippen LogP contribution in [0.2, 0.25) is 0 Å². The average molecular weight is 201 g/mol. The molecule has 0 amide bonds. The Morgan fingerprint density at radius 3 is 2.87 bits per heavy atom. The molecule has 0 radical (unpaired) electrons. The molecule has 0 bridgehead atoms. The van der Waals surface area contributed by atoms with Crippen LogP contribution in [0.15, 0.2) is 24.3 Å². The van der Waals surface area contributed by atoms with Gasteiger partial charge in [-0.2, -0.15) is 0 Å². The predicted octanol–water partition coefficient (Wildman–Crippen LogP) is 1.87. The van der Waals surface area contributed by atoms with E-state index in [0.29, 0.717) is 12.6 Å². The molecule has 3 rings (SSSR count). The molecule has 1 aliphatic rings. The van der Waals surface area contributed by atoms with Gasteiger partial charge in [-0.1, -0.05) is 12.1 Å². The van der Waals surface area contributed by atoms with Gasteiger partial charge in [-0.25, -0.2) is 4.98 Å². The number of fused-ring (bicyclic) bond motifs is 1. The van der Waals surface area contributed by atoms with E-state index in [-0.39, 0.29) is 0 Å². The van der Waals surface area contributed by atoms with E-state index >= 15 is 0 Å². The predicted molar refractivity (Wildman–Crippen MR) is 60.8 cm³/mol. The van der Waals surface area contributed by atoms with E-state index in [4.69, 9.17) is 5.73 Å². The molecule has 1 heterocycles. The van der Waals surface area contributed by atoms with Crippen LogP contribution in [-0.4, -0.2) is 16.1 Å². The number of benzene rings is 1. The second-order valence-electron chi connectivity index (χ2n) is 4.16. The van der Waals surface area contributed by atoms with Gasteiger partial charge in [-0.15, -0.1) is 0 Å². The second-order valence-corrected chi connectivity index (χ2v) is 4.16. The third-order valence-corrected chi connectivity index (χ3v) is 2.95. The molecule has 15 heavy (non-hydrogen) atoms. The van der Waals surface area contributed by atoms with Crippen molar-refractivity contribution in [1.82, 2.24) is 9.55 Å². The summed E-state index contributed by atoms with van der Waals surface area (Å²) in [5.41, 5.74) is 7.99. The highest BCUT2D eigenvalue weighted by Gasteiger charge is 2.27. The molecule has 3 heteroatoms. The number of nitrogens with zero attached hydrogens (tertiary/aromatic N) is 2. The zero-order valence-electron chi connectivity index (χ0n) is 8.69. The van der Waals surface area contributed by atoms with Gasteiger partial charge in [0.1, 0.15) is 5.82 Å². The molecule has 1 aliphatic carbocycles. The first-order chi connectivity index (χ1) is 7.40. The van der Waals surface area contributed by atoms with Crippen LogP contribution in [0, 0.1) is 0 Å². The van der Waals surface area contributed by atoms with Crippen LogP contribution in [0.3, 0.4) is 0 Å². The summed E-state index contributed by atoms with van der Waals surface area (Å²) >= 11 is 0. The van der Waals surface area contributed by atoms with Crippen LogP contribution in [0.1, 0.15) is 24.7 Å². The van der Waals surface area contributed by atoms with E-state index in [1.807, 2.05) is 6.07 Å². The van der Waals surface area contributed by atoms with Crippen LogP contribution >= 0.6 is 0 Å². The Morgan fingerprint density at radius 2 is 2.13 bits per heavy atom. The number of nitrogens with two attached hydrogens (primary N) is 1. The summed E-state index contributed by atoms with van der Waals surface area (Å²) in [5, 5.41) is 0. The van der Waals surface area contributed by atoms with Crippen LogP contribution < -0.4 is 5.73 Å². The van der Waals surface area contributed by atoms with Gasteiger partial charge in [0.2, 0.25) is 0 Å². The molecular formula is C12H15N3. The van der Waals surface area contributed by atoms with Gasteiger partial charge in [-0.05, 0) is 31.5 Å². The van der Waals surface area contributed by atoms with E-state index in [9.17, 15) is 0 Å². The van der Waals surface area contributed by atoms with Gasteiger partial charge < -0.3 is 10.3 Å². The average Bonchev–Trinajstić information content (AvgIpc) is 3.01. The minimum absolute atomic E-state index is 0.677. The SMILES string of the molecule is NCCc1nc2ccccc2n1C1CC1. The van der Waals surface area contributed by atoms with Crippen molar-refractivity contribution in [3.63, 3.8) is 0 Å². The number of hydrogen-bond donors (Lipinski definition) is 1. The Morgan fingerprint density at radius 1 is 1.33 bits per heavy atom. The highest BCUT2D eigenvalue weighted by atomic mass is 15.1. The molecule has 0 spiro atoms. The molecule has 1 saturated carbocycles. The van der Waals surface area contributed by atoms with Crippen LogP contribution in [0.4, 0.5) is 0 Å². The molecule has 1 fully saturated rings. The summed E-state index contributed by atoms with van der Waals surface area (Å²) in [7, 11) is 0. The number of aromatic nitrogens is 2. The van der Waals surface area contributed by atoms with Gasteiger partial charge in [0, 0.05) is 12.5 Å². The second kappa shape index (κ2) is 3.35. The summed E-state index contributed by atoms with van der Waals surface area (Å²) in [6, 6.07) is 9.03. The molecule has 1 aromatic heterocycles. The summed E-state index contributed by atoms with van der Waals surface area (Å²) in [5.74, 6) is 1.15. The van der Waals surface area contributed by atoms with E-state index in [1.165, 1.54) is 18.4 Å². The lowest BCUT2D eigenvalue weighted by Gasteiger charge is -2.05. The minimum atomic E-state index is 0.677. The molecule has 2 N–H and O–H groups in total. The zero-order valence-corrected chi connectivity index (χ0v) is 8.69. The smallest absolute Gasteiger partial charge is 0.111 e. The number of rotatable bonds is 3. The molecule has 0 atom stereocenters. The van der Waals surface area contributed by atoms with Crippen molar-refractivity contribution in [2.24, 2.45) is 5.73 Å². The maximum atomic E-state index is 5.62. The third-order valence-electron chi connectivity index (χ3n) is 2.95. The number of para-hydroxylation sites is 2. The third kappa shape index (κ3) is 1.43. The van der Waals surface area contributed by atoms with Crippen molar-refractivity contribution in [3.05, 3.63) is 30.1 Å². The van der Waals surface area contributed by atoms with Crippen molar-refractivity contribution in [3.8, 4) is 0 Å². The summed E-state index contributed by atoms with van der Waals surface area (Å²) < 4.78 is 2.38. The Bertz CT molecular complexity index is 483. The first-order valence-electron chi connectivity index (χ1n) is 5.56. The first kappa shape index (κ1) is 8.92. The van der Waals surface area contributed by atoms with Crippen LogP contribution in [0.25, 0.3) is 11.0 Å². The summed E-state index contributed by atoms with van der Waals surface area (Å²) in [6.45, 7) is 0.677. The van der Waals surface area contributed by atoms with Gasteiger partial charge in [0.05, 0.1) is 11.0 Å². The fourth-order valence-electron chi connectivity index (χ4n) is 2.14. The number of hydrogen-bond acceptors (Lipinski definition) is 2. The molecule has 0 saturated heterocycles. The highest BCUT2D eigenvalue weighted by molar-refractivity contribution is 5.76. The summed E-state index contributed by atoms with van der Waals surface area (Å²) in [4.78, 5) is 4.65. The monoisotopic (exact) mass is 201 g/mol. The Kier molecular flexibility index (Phi) is 1.99. The highest BCUT2D eigenvalue weighted by Crippen LogP contribution is 2.38. The first-order valence-corrected chi connectivity index (χ1v) is 5.56. The Hall–Kier alpha value is -1.35. The largest absolute Gasteiger partial charge is 0.330 e. The van der Waals surface area contributed by atoms with Crippen LogP contribution in [-0.2, 0) is 6.42 Å². The quantitative estimate of drug-likeness (QED) is 0.823. The van der Waals surface area contributed by atoms with E-state index in [2.05, 4.69) is 27.8 Å². The molecule has 0 aliphatic heterocycles. The van der Waals surface area contributed by atoms with Gasteiger partial charge in [0.15, 0.2) is 0 Å². The molecular weight excluding hydrogens is 186 g/mol. The lowest BCUT2D eigenvalue weighted by Crippen LogP contribution is -2.09. The Balaban J connectivity index is 2.19. The van der Waals surface area contributed by atoms with Crippen molar-refractivity contribution in [2.45, 2.75) is 25.3 Å².